The van der Waals surface area contributed by atoms with Crippen LogP contribution in [0.2, 0.25) is 0 Å². The average molecular weight is 429 g/mol. The number of hydrogen-bond acceptors (Lipinski definition) is 4. The molecule has 32 heavy (non-hydrogen) atoms. The minimum atomic E-state index is -0.244. The summed E-state index contributed by atoms with van der Waals surface area (Å²) < 4.78 is 1.91. The van der Waals surface area contributed by atoms with E-state index in [1.54, 1.807) is 24.1 Å². The lowest BCUT2D eigenvalue weighted by molar-refractivity contribution is 0.0613. The van der Waals surface area contributed by atoms with E-state index in [4.69, 9.17) is 5.73 Å². The molecule has 5 rings (SSSR count). The first kappa shape index (κ1) is 20.5. The number of carbonyl (C=O) groups excluding carboxylic acids is 1. The summed E-state index contributed by atoms with van der Waals surface area (Å²) in [6, 6.07) is 18.5. The summed E-state index contributed by atoms with van der Waals surface area (Å²) in [6.07, 6.45) is 4.04. The highest BCUT2D eigenvalue weighted by molar-refractivity contribution is 5.95. The fraction of sp³-hybridized carbons (Fsp3) is 0.308. The molecule has 6 nitrogen and oxygen atoms in total. The minimum absolute atomic E-state index is 0.113. The van der Waals surface area contributed by atoms with E-state index < -0.39 is 0 Å². The molecular formula is C26H28N4O2. The summed E-state index contributed by atoms with van der Waals surface area (Å²) in [5.74, 6) is -0.148. The van der Waals surface area contributed by atoms with Crippen molar-refractivity contribution in [2.75, 3.05) is 18.6 Å². The average Bonchev–Trinajstić information content (AvgIpc) is 2.97. The van der Waals surface area contributed by atoms with Crippen LogP contribution in [0.4, 0.5) is 0 Å². The molecule has 1 aromatic heterocycles. The molecule has 0 saturated heterocycles. The summed E-state index contributed by atoms with van der Waals surface area (Å²) in [6.45, 7) is 2.18. The van der Waals surface area contributed by atoms with Gasteiger partial charge in [0.15, 0.2) is 5.43 Å². The Kier molecular flexibility index (Phi) is 5.10. The molecule has 0 fully saturated rings. The smallest absolute Gasteiger partial charge is 0.274 e. The number of hydrogen-bond donors (Lipinski definition) is 1. The third-order valence-electron chi connectivity index (χ3n) is 6.90. The van der Waals surface area contributed by atoms with Crippen LogP contribution in [-0.2, 0) is 12.8 Å². The molecule has 0 bridgehead atoms. The number of aromatic nitrogens is 1. The normalized spacial score (nSPS) is 18.1. The first-order valence-corrected chi connectivity index (χ1v) is 11.2. The third-order valence-corrected chi connectivity index (χ3v) is 6.90. The highest BCUT2D eigenvalue weighted by Gasteiger charge is 2.41. The summed E-state index contributed by atoms with van der Waals surface area (Å²) in [5, 5.41) is 2.25. The predicted octanol–water partition coefficient (Wildman–Crippen LogP) is 2.74. The highest BCUT2D eigenvalue weighted by atomic mass is 16.2. The standard InChI is InChI=1S/C26H28N4O2/c1-17-22(31)14-16-29-24(17)26(32)28(2)23(13-15-27)30(29)25-20-9-5-3-7-18(20)11-12-19-8-4-6-10-21(19)25/h3-10,14,16,23,25H,11-13,15,27H2,1-2H3. The van der Waals surface area contributed by atoms with Crippen LogP contribution in [0.1, 0.15) is 50.8 Å². The zero-order valence-corrected chi connectivity index (χ0v) is 18.5. The van der Waals surface area contributed by atoms with Crippen molar-refractivity contribution in [3.8, 4) is 0 Å². The van der Waals surface area contributed by atoms with Crippen molar-refractivity contribution in [1.82, 2.24) is 9.58 Å². The zero-order chi connectivity index (χ0) is 22.4. The summed E-state index contributed by atoms with van der Waals surface area (Å²) in [4.78, 5) is 27.6. The molecule has 2 N–H and O–H groups in total. The molecule has 1 atom stereocenters. The van der Waals surface area contributed by atoms with Gasteiger partial charge in [-0.2, -0.15) is 0 Å². The van der Waals surface area contributed by atoms with Crippen molar-refractivity contribution < 1.29 is 4.79 Å². The maximum Gasteiger partial charge on any atom is 0.274 e. The Morgan fingerprint density at radius 1 is 0.938 bits per heavy atom. The fourth-order valence-corrected chi connectivity index (χ4v) is 5.25. The van der Waals surface area contributed by atoms with Crippen molar-refractivity contribution in [3.05, 3.63) is 105 Å². The topological polar surface area (TPSA) is 71.6 Å². The van der Waals surface area contributed by atoms with Gasteiger partial charge in [-0.05, 0) is 48.6 Å². The van der Waals surface area contributed by atoms with Gasteiger partial charge in [0.1, 0.15) is 11.9 Å². The van der Waals surface area contributed by atoms with Crippen LogP contribution >= 0.6 is 0 Å². The van der Waals surface area contributed by atoms with Gasteiger partial charge in [0.25, 0.3) is 5.91 Å². The summed E-state index contributed by atoms with van der Waals surface area (Å²) in [7, 11) is 1.81. The lowest BCUT2D eigenvalue weighted by atomic mass is 9.93. The van der Waals surface area contributed by atoms with E-state index in [0.717, 1.165) is 12.8 Å². The monoisotopic (exact) mass is 428 g/mol. The van der Waals surface area contributed by atoms with Crippen LogP contribution in [0.15, 0.2) is 65.6 Å². The van der Waals surface area contributed by atoms with Crippen molar-refractivity contribution in [3.63, 3.8) is 0 Å². The molecule has 0 radical (unpaired) electrons. The minimum Gasteiger partial charge on any atom is -0.330 e. The number of pyridine rings is 1. The molecule has 6 heteroatoms. The second kappa shape index (κ2) is 7.95. The van der Waals surface area contributed by atoms with Gasteiger partial charge < -0.3 is 10.6 Å². The van der Waals surface area contributed by atoms with E-state index in [9.17, 15) is 9.59 Å². The molecule has 2 heterocycles. The summed E-state index contributed by atoms with van der Waals surface area (Å²) in [5.41, 5.74) is 11.9. The Balaban J connectivity index is 1.83. The van der Waals surface area contributed by atoms with Gasteiger partial charge in [-0.25, -0.2) is 0 Å². The second-order valence-electron chi connectivity index (χ2n) is 8.65. The number of nitrogens with zero attached hydrogens (tertiary/aromatic N) is 3. The van der Waals surface area contributed by atoms with Crippen LogP contribution in [0, 0.1) is 6.92 Å². The van der Waals surface area contributed by atoms with Gasteiger partial charge in [-0.1, -0.05) is 48.5 Å². The van der Waals surface area contributed by atoms with Crippen molar-refractivity contribution in [2.45, 2.75) is 38.4 Å². The Hall–Kier alpha value is -3.38. The lowest BCUT2D eigenvalue weighted by Crippen LogP contribution is -2.62. The van der Waals surface area contributed by atoms with Crippen LogP contribution in [-0.4, -0.2) is 35.2 Å². The quantitative estimate of drug-likeness (QED) is 0.696. The molecule has 2 aromatic carbocycles. The molecule has 1 aliphatic heterocycles. The second-order valence-corrected chi connectivity index (χ2v) is 8.65. The Labute approximate surface area is 187 Å². The number of fused-ring (bicyclic) bond motifs is 3. The fourth-order valence-electron chi connectivity index (χ4n) is 5.25. The predicted molar refractivity (Wildman–Crippen MR) is 125 cm³/mol. The SMILES string of the molecule is Cc1c2n(ccc1=O)N(C1c3ccccc3CCc3ccccc31)C(CCN)N(C)C2=O. The molecule has 3 aromatic rings. The molecular weight excluding hydrogens is 400 g/mol. The van der Waals surface area contributed by atoms with Crippen molar-refractivity contribution >= 4 is 5.91 Å². The van der Waals surface area contributed by atoms with Crippen LogP contribution in [0.5, 0.6) is 0 Å². The third kappa shape index (κ3) is 3.06. The highest BCUT2D eigenvalue weighted by Crippen LogP contribution is 2.39. The molecule has 164 valence electrons. The number of rotatable bonds is 3. The Morgan fingerprint density at radius 2 is 1.53 bits per heavy atom. The van der Waals surface area contributed by atoms with E-state index in [1.165, 1.54) is 22.3 Å². The first-order valence-electron chi connectivity index (χ1n) is 11.2. The molecule has 1 amide bonds. The first-order chi connectivity index (χ1) is 15.5. The molecule has 1 aliphatic carbocycles. The van der Waals surface area contributed by atoms with E-state index >= 15 is 0 Å². The molecule has 2 aliphatic rings. The maximum absolute atomic E-state index is 13.4. The van der Waals surface area contributed by atoms with Gasteiger partial charge >= 0.3 is 0 Å². The number of amides is 1. The number of nitrogens with two attached hydrogens (primary N) is 1. The number of benzene rings is 2. The van der Waals surface area contributed by atoms with E-state index in [1.807, 2.05) is 11.7 Å². The van der Waals surface area contributed by atoms with Gasteiger partial charge in [0.05, 0.1) is 6.04 Å². The Bertz CT molecular complexity index is 1200. The molecule has 0 saturated carbocycles. The van der Waals surface area contributed by atoms with Crippen LogP contribution < -0.4 is 16.2 Å². The van der Waals surface area contributed by atoms with Crippen LogP contribution in [0.3, 0.4) is 0 Å². The number of carbonyl (C=O) groups is 1. The van der Waals surface area contributed by atoms with Crippen LogP contribution in [0.25, 0.3) is 0 Å². The Morgan fingerprint density at radius 3 is 2.12 bits per heavy atom. The van der Waals surface area contributed by atoms with E-state index in [2.05, 4.69) is 53.5 Å². The van der Waals surface area contributed by atoms with Gasteiger partial charge in [-0.15, -0.1) is 0 Å². The van der Waals surface area contributed by atoms with E-state index in [0.29, 0.717) is 24.2 Å². The maximum atomic E-state index is 13.4. The van der Waals surface area contributed by atoms with Crippen molar-refractivity contribution in [1.29, 1.82) is 0 Å². The van der Waals surface area contributed by atoms with Gasteiger partial charge in [0, 0.05) is 31.3 Å². The van der Waals surface area contributed by atoms with Crippen molar-refractivity contribution in [2.24, 2.45) is 5.73 Å². The lowest BCUT2D eigenvalue weighted by Gasteiger charge is -2.49. The molecule has 0 spiro atoms. The number of aryl methyl sites for hydroxylation is 2. The zero-order valence-electron chi connectivity index (χ0n) is 18.5. The van der Waals surface area contributed by atoms with E-state index in [-0.39, 0.29) is 23.5 Å². The van der Waals surface area contributed by atoms with Gasteiger partial charge in [0.2, 0.25) is 0 Å². The summed E-state index contributed by atoms with van der Waals surface area (Å²) >= 11 is 0. The molecule has 1 unspecified atom stereocenters. The largest absolute Gasteiger partial charge is 0.330 e. The van der Waals surface area contributed by atoms with Gasteiger partial charge in [-0.3, -0.25) is 19.3 Å².